The maximum atomic E-state index is 12.1. The van der Waals surface area contributed by atoms with Gasteiger partial charge in [-0.2, -0.15) is 0 Å². The van der Waals surface area contributed by atoms with Gasteiger partial charge in [0.25, 0.3) is 0 Å². The summed E-state index contributed by atoms with van der Waals surface area (Å²) in [6.45, 7) is 1.08. The fraction of sp³-hybridized carbons (Fsp3) is 0.294. The first kappa shape index (κ1) is 18.4. The molecule has 1 atom stereocenters. The predicted octanol–water partition coefficient (Wildman–Crippen LogP) is 3.08. The molecule has 0 spiro atoms. The fourth-order valence-corrected chi connectivity index (χ4v) is 2.20. The molecule has 0 saturated heterocycles. The molecule has 0 aliphatic carbocycles. The molecule has 0 heterocycles. The van der Waals surface area contributed by atoms with Gasteiger partial charge in [-0.1, -0.05) is 42.5 Å². The summed E-state index contributed by atoms with van der Waals surface area (Å²) in [5, 5.41) is 13.4. The van der Waals surface area contributed by atoms with Crippen LogP contribution in [0.1, 0.15) is 17.5 Å². The van der Waals surface area contributed by atoms with Crippen LogP contribution in [-0.4, -0.2) is 25.9 Å². The van der Waals surface area contributed by atoms with Crippen molar-refractivity contribution in [1.29, 1.82) is 0 Å². The summed E-state index contributed by atoms with van der Waals surface area (Å²) in [7, 11) is 5.85. The molecule has 0 aromatic heterocycles. The zero-order valence-electron chi connectivity index (χ0n) is 12.9. The van der Waals surface area contributed by atoms with Gasteiger partial charge in [0.1, 0.15) is 13.6 Å². The largest absolute Gasteiger partial charge is 0.573 e. The Kier molecular flexibility index (Phi) is 5.91. The Balaban J connectivity index is 1.85. The van der Waals surface area contributed by atoms with Crippen molar-refractivity contribution < 1.29 is 23.0 Å². The van der Waals surface area contributed by atoms with Crippen molar-refractivity contribution in [3.63, 3.8) is 0 Å². The molecule has 126 valence electrons. The molecule has 2 aromatic carbocycles. The Labute approximate surface area is 139 Å². The van der Waals surface area contributed by atoms with Crippen LogP contribution in [0.15, 0.2) is 54.6 Å². The van der Waals surface area contributed by atoms with Crippen LogP contribution < -0.4 is 10.1 Å². The molecule has 0 aliphatic heterocycles. The standard InChI is InChI=1S/C17H17BF3NO2/c18-16(23,10-11-22-12-13-4-2-1-3-5-13)14-6-8-15(9-7-14)24-17(19,20)21/h1-9,22-23H,10-12H2. The summed E-state index contributed by atoms with van der Waals surface area (Å²) in [6, 6.07) is 14.6. The second-order valence-corrected chi connectivity index (χ2v) is 5.41. The molecule has 24 heavy (non-hydrogen) atoms. The summed E-state index contributed by atoms with van der Waals surface area (Å²) in [5.41, 5.74) is -0.217. The van der Waals surface area contributed by atoms with Crippen molar-refractivity contribution in [2.75, 3.05) is 6.54 Å². The highest BCUT2D eigenvalue weighted by Crippen LogP contribution is 2.26. The topological polar surface area (TPSA) is 41.5 Å². The average molecular weight is 335 g/mol. The Morgan fingerprint density at radius 3 is 2.21 bits per heavy atom. The van der Waals surface area contributed by atoms with E-state index < -0.39 is 11.9 Å². The van der Waals surface area contributed by atoms with E-state index in [2.05, 4.69) is 10.1 Å². The van der Waals surface area contributed by atoms with E-state index in [1.165, 1.54) is 12.1 Å². The van der Waals surface area contributed by atoms with Gasteiger partial charge < -0.3 is 15.2 Å². The first-order chi connectivity index (χ1) is 11.3. The number of hydrogen-bond acceptors (Lipinski definition) is 3. The van der Waals surface area contributed by atoms with Crippen LogP contribution in [0.2, 0.25) is 0 Å². The summed E-state index contributed by atoms with van der Waals surface area (Å²) >= 11 is 0. The van der Waals surface area contributed by atoms with Crippen LogP contribution >= 0.6 is 0 Å². The van der Waals surface area contributed by atoms with Gasteiger partial charge in [-0.25, -0.2) is 0 Å². The first-order valence-corrected chi connectivity index (χ1v) is 7.38. The van der Waals surface area contributed by atoms with E-state index >= 15 is 0 Å². The minimum atomic E-state index is -4.75. The zero-order valence-corrected chi connectivity index (χ0v) is 12.9. The van der Waals surface area contributed by atoms with E-state index in [-0.39, 0.29) is 12.2 Å². The molecule has 0 amide bonds. The molecule has 2 aromatic rings. The number of halogens is 3. The van der Waals surface area contributed by atoms with E-state index in [0.29, 0.717) is 18.7 Å². The summed E-state index contributed by atoms with van der Waals surface area (Å²) in [4.78, 5) is 0. The van der Waals surface area contributed by atoms with E-state index in [1.807, 2.05) is 30.3 Å². The monoisotopic (exact) mass is 335 g/mol. The van der Waals surface area contributed by atoms with Gasteiger partial charge in [0.05, 0.1) is 0 Å². The van der Waals surface area contributed by atoms with Gasteiger partial charge in [0.15, 0.2) is 0 Å². The van der Waals surface area contributed by atoms with Crippen molar-refractivity contribution in [2.45, 2.75) is 24.8 Å². The molecule has 0 saturated carbocycles. The van der Waals surface area contributed by atoms with Gasteiger partial charge in [-0.3, -0.25) is 0 Å². The maximum Gasteiger partial charge on any atom is 0.573 e. The summed E-state index contributed by atoms with van der Waals surface area (Å²) in [6.07, 6.45) is -4.54. The Hall–Kier alpha value is -1.99. The van der Waals surface area contributed by atoms with E-state index in [4.69, 9.17) is 7.85 Å². The van der Waals surface area contributed by atoms with Crippen molar-refractivity contribution in [3.05, 3.63) is 65.7 Å². The number of benzene rings is 2. The highest BCUT2D eigenvalue weighted by atomic mass is 19.4. The van der Waals surface area contributed by atoms with Crippen LogP contribution in [0.3, 0.4) is 0 Å². The Morgan fingerprint density at radius 2 is 1.62 bits per heavy atom. The van der Waals surface area contributed by atoms with Crippen molar-refractivity contribution in [1.82, 2.24) is 5.32 Å². The lowest BCUT2D eigenvalue weighted by molar-refractivity contribution is -0.274. The molecular weight excluding hydrogens is 318 g/mol. The minimum absolute atomic E-state index is 0.208. The van der Waals surface area contributed by atoms with Crippen LogP contribution in [0.4, 0.5) is 13.2 Å². The van der Waals surface area contributed by atoms with Crippen molar-refractivity contribution in [2.24, 2.45) is 0 Å². The predicted molar refractivity (Wildman–Crippen MR) is 85.5 cm³/mol. The van der Waals surface area contributed by atoms with E-state index in [1.54, 1.807) is 0 Å². The number of hydrogen-bond donors (Lipinski definition) is 2. The third kappa shape index (κ3) is 5.90. The lowest BCUT2D eigenvalue weighted by Gasteiger charge is -2.25. The quantitative estimate of drug-likeness (QED) is 0.604. The lowest BCUT2D eigenvalue weighted by Crippen LogP contribution is -2.31. The third-order valence-electron chi connectivity index (χ3n) is 3.44. The molecule has 0 aliphatic rings. The lowest BCUT2D eigenvalue weighted by atomic mass is 9.73. The summed E-state index contributed by atoms with van der Waals surface area (Å²) in [5.74, 6) is -0.357. The SMILES string of the molecule is [B]C(O)(CCNCc1ccccc1)c1ccc(OC(F)(F)F)cc1. The smallest absolute Gasteiger partial charge is 0.406 e. The van der Waals surface area contributed by atoms with Gasteiger partial charge in [0, 0.05) is 12.0 Å². The Bertz CT molecular complexity index is 631. The fourth-order valence-electron chi connectivity index (χ4n) is 2.20. The van der Waals surface area contributed by atoms with Gasteiger partial charge in [-0.15, -0.1) is 13.2 Å². The zero-order chi connectivity index (χ0) is 17.6. The molecule has 0 fully saturated rings. The molecule has 2 N–H and O–H groups in total. The highest BCUT2D eigenvalue weighted by Gasteiger charge is 2.31. The van der Waals surface area contributed by atoms with Crippen LogP contribution in [0, 0.1) is 0 Å². The molecule has 2 rings (SSSR count). The number of ether oxygens (including phenoxy) is 1. The molecular formula is C17H17BF3NO2. The number of nitrogens with one attached hydrogen (secondary N) is 1. The average Bonchev–Trinajstić information content (AvgIpc) is 2.52. The number of aliphatic hydroxyl groups is 1. The van der Waals surface area contributed by atoms with Gasteiger partial charge in [0.2, 0.25) is 0 Å². The maximum absolute atomic E-state index is 12.1. The van der Waals surface area contributed by atoms with Crippen LogP contribution in [0.25, 0.3) is 0 Å². The normalized spacial score (nSPS) is 14.2. The second-order valence-electron chi connectivity index (χ2n) is 5.41. The third-order valence-corrected chi connectivity index (χ3v) is 3.44. The van der Waals surface area contributed by atoms with Crippen molar-refractivity contribution in [3.8, 4) is 5.75 Å². The molecule has 1 unspecified atom stereocenters. The second kappa shape index (κ2) is 7.72. The molecule has 0 bridgehead atoms. The highest BCUT2D eigenvalue weighted by molar-refractivity contribution is 6.14. The Morgan fingerprint density at radius 1 is 1.00 bits per heavy atom. The minimum Gasteiger partial charge on any atom is -0.406 e. The number of alkyl halides is 3. The molecule has 3 nitrogen and oxygen atoms in total. The van der Waals surface area contributed by atoms with Crippen LogP contribution in [0.5, 0.6) is 5.75 Å². The first-order valence-electron chi connectivity index (χ1n) is 7.38. The van der Waals surface area contributed by atoms with Crippen LogP contribution in [-0.2, 0) is 12.0 Å². The van der Waals surface area contributed by atoms with Gasteiger partial charge >= 0.3 is 6.36 Å². The van der Waals surface area contributed by atoms with E-state index in [9.17, 15) is 18.3 Å². The molecule has 7 heteroatoms. The number of rotatable bonds is 7. The van der Waals surface area contributed by atoms with Crippen molar-refractivity contribution >= 4 is 7.85 Å². The van der Waals surface area contributed by atoms with E-state index in [0.717, 1.165) is 17.7 Å². The summed E-state index contributed by atoms with van der Waals surface area (Å²) < 4.78 is 40.1. The van der Waals surface area contributed by atoms with Gasteiger partial charge in [-0.05, 0) is 36.2 Å². The molecule has 2 radical (unpaired) electrons.